The van der Waals surface area contributed by atoms with Gasteiger partial charge in [-0.15, -0.1) is 0 Å². The molecule has 0 aliphatic carbocycles. The fraction of sp³-hybridized carbons (Fsp3) is 0.833. The number of carbonyl (C=O) groups is 2. The zero-order valence-electron chi connectivity index (χ0n) is 11.5. The van der Waals surface area contributed by atoms with Crippen LogP contribution >= 0.6 is 0 Å². The zero-order valence-corrected chi connectivity index (χ0v) is 11.5. The molecule has 0 aliphatic rings. The molecule has 0 aliphatic heterocycles. The van der Waals surface area contributed by atoms with Crippen molar-refractivity contribution in [1.82, 2.24) is 15.5 Å². The Morgan fingerprint density at radius 3 is 2.24 bits per heavy atom. The first-order valence-corrected chi connectivity index (χ1v) is 6.07. The third-order valence-corrected chi connectivity index (χ3v) is 2.18. The molecule has 0 rings (SSSR count). The van der Waals surface area contributed by atoms with E-state index >= 15 is 0 Å². The van der Waals surface area contributed by atoms with Crippen LogP contribution < -0.4 is 10.6 Å². The van der Waals surface area contributed by atoms with E-state index in [1.807, 2.05) is 27.7 Å². The smallest absolute Gasteiger partial charge is 0.239 e. The average Bonchev–Trinajstić information content (AvgIpc) is 2.22. The minimum atomic E-state index is -0.112. The molecule has 5 heteroatoms. The van der Waals surface area contributed by atoms with Crippen molar-refractivity contribution in [1.29, 1.82) is 0 Å². The predicted octanol–water partition coefficient (Wildman–Crippen LogP) is 0.215. The van der Waals surface area contributed by atoms with Gasteiger partial charge in [-0.1, -0.05) is 27.7 Å². The van der Waals surface area contributed by atoms with Gasteiger partial charge in [-0.2, -0.15) is 0 Å². The van der Waals surface area contributed by atoms with Crippen LogP contribution in [0.4, 0.5) is 0 Å². The van der Waals surface area contributed by atoms with E-state index in [4.69, 9.17) is 0 Å². The molecule has 100 valence electrons. The molecule has 0 unspecified atom stereocenters. The summed E-state index contributed by atoms with van der Waals surface area (Å²) in [6.45, 7) is 9.04. The summed E-state index contributed by atoms with van der Waals surface area (Å²) >= 11 is 0. The summed E-state index contributed by atoms with van der Waals surface area (Å²) in [6.07, 6.45) is 0. The highest BCUT2D eigenvalue weighted by Gasteiger charge is 2.12. The van der Waals surface area contributed by atoms with Crippen LogP contribution in [0.3, 0.4) is 0 Å². The van der Waals surface area contributed by atoms with Gasteiger partial charge in [0.25, 0.3) is 0 Å². The van der Waals surface area contributed by atoms with E-state index in [9.17, 15) is 9.59 Å². The van der Waals surface area contributed by atoms with Crippen LogP contribution in [-0.2, 0) is 9.59 Å². The SMILES string of the molecule is CC(C)CNC(=O)CN(C)C(=O)CNC(C)C. The lowest BCUT2D eigenvalue weighted by atomic mass is 10.2. The number of hydrogen-bond donors (Lipinski definition) is 2. The Balaban J connectivity index is 3.86. The lowest BCUT2D eigenvalue weighted by Gasteiger charge is -2.18. The molecule has 0 saturated carbocycles. The van der Waals surface area contributed by atoms with Crippen molar-refractivity contribution in [3.63, 3.8) is 0 Å². The van der Waals surface area contributed by atoms with Gasteiger partial charge in [0.1, 0.15) is 0 Å². The predicted molar refractivity (Wildman–Crippen MR) is 68.6 cm³/mol. The molecule has 2 N–H and O–H groups in total. The van der Waals surface area contributed by atoms with Crippen LogP contribution in [0.25, 0.3) is 0 Å². The van der Waals surface area contributed by atoms with Gasteiger partial charge in [-0.3, -0.25) is 9.59 Å². The first kappa shape index (κ1) is 15.9. The Labute approximate surface area is 104 Å². The second-order valence-corrected chi connectivity index (χ2v) is 4.98. The van der Waals surface area contributed by atoms with E-state index < -0.39 is 0 Å². The Morgan fingerprint density at radius 1 is 1.18 bits per heavy atom. The van der Waals surface area contributed by atoms with E-state index in [1.165, 1.54) is 4.90 Å². The van der Waals surface area contributed by atoms with Crippen LogP contribution in [0.2, 0.25) is 0 Å². The second kappa shape index (κ2) is 8.06. The quantitative estimate of drug-likeness (QED) is 0.672. The van der Waals surface area contributed by atoms with Crippen LogP contribution in [0.5, 0.6) is 0 Å². The molecule has 0 spiro atoms. The molecule has 0 bridgehead atoms. The molecule has 5 nitrogen and oxygen atoms in total. The van der Waals surface area contributed by atoms with Gasteiger partial charge in [0.15, 0.2) is 0 Å². The van der Waals surface area contributed by atoms with Crippen LogP contribution in [0, 0.1) is 5.92 Å². The summed E-state index contributed by atoms with van der Waals surface area (Å²) in [6, 6.07) is 0.266. The fourth-order valence-corrected chi connectivity index (χ4v) is 1.10. The molecule has 0 radical (unpaired) electrons. The molecule has 17 heavy (non-hydrogen) atoms. The number of hydrogen-bond acceptors (Lipinski definition) is 3. The van der Waals surface area contributed by atoms with Gasteiger partial charge in [0, 0.05) is 19.6 Å². The van der Waals surface area contributed by atoms with Gasteiger partial charge < -0.3 is 15.5 Å². The Hall–Kier alpha value is -1.10. The van der Waals surface area contributed by atoms with Crippen molar-refractivity contribution in [3.8, 4) is 0 Å². The molecule has 0 heterocycles. The highest BCUT2D eigenvalue weighted by atomic mass is 16.2. The lowest BCUT2D eigenvalue weighted by Crippen LogP contribution is -2.43. The highest BCUT2D eigenvalue weighted by molar-refractivity contribution is 5.85. The van der Waals surface area contributed by atoms with Crippen molar-refractivity contribution < 1.29 is 9.59 Å². The third kappa shape index (κ3) is 8.68. The van der Waals surface area contributed by atoms with E-state index in [0.717, 1.165) is 0 Å². The van der Waals surface area contributed by atoms with Gasteiger partial charge in [0.05, 0.1) is 13.1 Å². The molecule has 0 saturated heterocycles. The number of rotatable bonds is 7. The Morgan fingerprint density at radius 2 is 1.76 bits per heavy atom. The van der Waals surface area contributed by atoms with Crippen molar-refractivity contribution in [2.75, 3.05) is 26.7 Å². The summed E-state index contributed by atoms with van der Waals surface area (Å²) in [5.41, 5.74) is 0. The molecule has 0 aromatic rings. The maximum atomic E-state index is 11.6. The van der Waals surface area contributed by atoms with Crippen molar-refractivity contribution in [2.24, 2.45) is 5.92 Å². The van der Waals surface area contributed by atoms with Gasteiger partial charge in [0.2, 0.25) is 11.8 Å². The normalized spacial score (nSPS) is 10.8. The number of nitrogens with zero attached hydrogens (tertiary/aromatic N) is 1. The fourth-order valence-electron chi connectivity index (χ4n) is 1.10. The second-order valence-electron chi connectivity index (χ2n) is 4.98. The molecular formula is C12H25N3O2. The summed E-state index contributed by atoms with van der Waals surface area (Å²) in [5.74, 6) is 0.236. The zero-order chi connectivity index (χ0) is 13.4. The summed E-state index contributed by atoms with van der Waals surface area (Å²) in [7, 11) is 1.64. The van der Waals surface area contributed by atoms with Crippen LogP contribution in [-0.4, -0.2) is 49.4 Å². The van der Waals surface area contributed by atoms with E-state index in [1.54, 1.807) is 7.05 Å². The molecule has 0 aromatic heterocycles. The number of amides is 2. The first-order chi connectivity index (χ1) is 7.82. The highest BCUT2D eigenvalue weighted by Crippen LogP contribution is 1.89. The van der Waals surface area contributed by atoms with E-state index in [-0.39, 0.29) is 30.9 Å². The molecule has 0 fully saturated rings. The van der Waals surface area contributed by atoms with Crippen LogP contribution in [0.1, 0.15) is 27.7 Å². The summed E-state index contributed by atoms with van der Waals surface area (Å²) in [5, 5.41) is 5.81. The minimum absolute atomic E-state index is 0.0709. The maximum absolute atomic E-state index is 11.6. The topological polar surface area (TPSA) is 61.4 Å². The van der Waals surface area contributed by atoms with E-state index in [2.05, 4.69) is 10.6 Å². The number of carbonyl (C=O) groups excluding carboxylic acids is 2. The first-order valence-electron chi connectivity index (χ1n) is 6.07. The molecule has 0 aromatic carbocycles. The van der Waals surface area contributed by atoms with E-state index in [0.29, 0.717) is 12.5 Å². The third-order valence-electron chi connectivity index (χ3n) is 2.18. The molecular weight excluding hydrogens is 218 g/mol. The largest absolute Gasteiger partial charge is 0.354 e. The average molecular weight is 243 g/mol. The standard InChI is InChI=1S/C12H25N3O2/c1-9(2)6-14-11(16)8-15(5)12(17)7-13-10(3)4/h9-10,13H,6-8H2,1-5H3,(H,14,16). The van der Waals surface area contributed by atoms with Crippen molar-refractivity contribution in [2.45, 2.75) is 33.7 Å². The monoisotopic (exact) mass is 243 g/mol. The van der Waals surface area contributed by atoms with Gasteiger partial charge in [-0.05, 0) is 5.92 Å². The Kier molecular flexibility index (Phi) is 7.54. The maximum Gasteiger partial charge on any atom is 0.239 e. The Bertz CT molecular complexity index is 252. The van der Waals surface area contributed by atoms with Crippen molar-refractivity contribution in [3.05, 3.63) is 0 Å². The number of likely N-dealkylation sites (N-methyl/N-ethyl adjacent to an activating group) is 1. The van der Waals surface area contributed by atoms with Crippen molar-refractivity contribution >= 4 is 11.8 Å². The summed E-state index contributed by atoms with van der Waals surface area (Å²) in [4.78, 5) is 24.5. The van der Waals surface area contributed by atoms with Gasteiger partial charge in [-0.25, -0.2) is 0 Å². The minimum Gasteiger partial charge on any atom is -0.354 e. The van der Waals surface area contributed by atoms with Gasteiger partial charge >= 0.3 is 0 Å². The number of nitrogens with one attached hydrogen (secondary N) is 2. The summed E-state index contributed by atoms with van der Waals surface area (Å²) < 4.78 is 0. The molecule has 0 atom stereocenters. The van der Waals surface area contributed by atoms with Crippen LogP contribution in [0.15, 0.2) is 0 Å². The molecule has 2 amide bonds. The lowest BCUT2D eigenvalue weighted by molar-refractivity contribution is -0.134.